The summed E-state index contributed by atoms with van der Waals surface area (Å²) in [6.45, 7) is 4.51. The van der Waals surface area contributed by atoms with Gasteiger partial charge in [-0.15, -0.1) is 0 Å². The third kappa shape index (κ3) is 6.62. The van der Waals surface area contributed by atoms with Gasteiger partial charge in [0.05, 0.1) is 31.0 Å². The maximum atomic E-state index is 11.5. The summed E-state index contributed by atoms with van der Waals surface area (Å²) in [6.07, 6.45) is 1.61. The summed E-state index contributed by atoms with van der Waals surface area (Å²) in [7, 11) is 0. The van der Waals surface area contributed by atoms with Gasteiger partial charge in [-0.2, -0.15) is 5.10 Å². The van der Waals surface area contributed by atoms with E-state index in [4.69, 9.17) is 37.4 Å². The molecule has 0 heterocycles. The summed E-state index contributed by atoms with van der Waals surface area (Å²) in [6, 6.07) is 10.9. The van der Waals surface area contributed by atoms with Crippen molar-refractivity contribution >= 4 is 35.4 Å². The van der Waals surface area contributed by atoms with Crippen LogP contribution < -0.4 is 14.9 Å². The molecule has 2 aromatic rings. The molecule has 0 spiro atoms. The van der Waals surface area contributed by atoms with Crippen LogP contribution in [-0.2, 0) is 16.1 Å². The highest BCUT2D eigenvalue weighted by Gasteiger charge is 2.14. The van der Waals surface area contributed by atoms with Gasteiger partial charge in [-0.05, 0) is 43.2 Å². The second-order valence-electron chi connectivity index (χ2n) is 5.54. The minimum absolute atomic E-state index is 0.250. The van der Waals surface area contributed by atoms with E-state index >= 15 is 0 Å². The number of benzene rings is 2. The van der Waals surface area contributed by atoms with E-state index < -0.39 is 5.97 Å². The van der Waals surface area contributed by atoms with Crippen LogP contribution in [0.3, 0.4) is 0 Å². The van der Waals surface area contributed by atoms with Crippen molar-refractivity contribution in [2.45, 2.75) is 20.4 Å². The third-order valence-electron chi connectivity index (χ3n) is 3.50. The number of rotatable bonds is 10. The van der Waals surface area contributed by atoms with Crippen molar-refractivity contribution in [3.8, 4) is 11.5 Å². The minimum atomic E-state index is -0.476. The molecule has 0 aromatic heterocycles. The first-order valence-corrected chi connectivity index (χ1v) is 9.54. The fraction of sp³-hybridized carbons (Fsp3) is 0.300. The molecule has 0 bridgehead atoms. The molecule has 2 aromatic carbocycles. The molecule has 0 fully saturated rings. The predicted octanol–water partition coefficient (Wildman–Crippen LogP) is 4.46. The zero-order chi connectivity index (χ0) is 20.4. The van der Waals surface area contributed by atoms with Crippen molar-refractivity contribution in [3.63, 3.8) is 0 Å². The first-order chi connectivity index (χ1) is 13.5. The summed E-state index contributed by atoms with van der Waals surface area (Å²) in [5.74, 6) is 0.236. The van der Waals surface area contributed by atoms with E-state index in [9.17, 15) is 4.79 Å². The Morgan fingerprint density at radius 3 is 2.61 bits per heavy atom. The van der Waals surface area contributed by atoms with E-state index in [-0.39, 0.29) is 19.0 Å². The highest BCUT2D eigenvalue weighted by atomic mass is 35.5. The molecule has 0 unspecified atom stereocenters. The molecule has 0 aliphatic rings. The lowest BCUT2D eigenvalue weighted by Gasteiger charge is -2.14. The molecule has 2 rings (SSSR count). The number of ether oxygens (including phenoxy) is 3. The van der Waals surface area contributed by atoms with E-state index in [1.54, 1.807) is 25.3 Å². The van der Waals surface area contributed by atoms with Crippen LogP contribution in [0.2, 0.25) is 10.0 Å². The fourth-order valence-electron chi connectivity index (χ4n) is 2.29. The topological polar surface area (TPSA) is 69.2 Å². The molecule has 6 nitrogen and oxygen atoms in total. The average molecular weight is 425 g/mol. The van der Waals surface area contributed by atoms with Gasteiger partial charge >= 0.3 is 5.97 Å². The van der Waals surface area contributed by atoms with E-state index in [0.29, 0.717) is 34.5 Å². The molecule has 0 aliphatic carbocycles. The second-order valence-corrected chi connectivity index (χ2v) is 6.36. The van der Waals surface area contributed by atoms with Crippen molar-refractivity contribution in [2.24, 2.45) is 5.10 Å². The van der Waals surface area contributed by atoms with Crippen molar-refractivity contribution in [1.29, 1.82) is 0 Å². The molecule has 28 heavy (non-hydrogen) atoms. The number of nitrogens with zero attached hydrogens (tertiary/aromatic N) is 1. The molecule has 0 saturated heterocycles. The molecule has 0 saturated carbocycles. The summed E-state index contributed by atoms with van der Waals surface area (Å²) < 4.78 is 15.9. The van der Waals surface area contributed by atoms with Gasteiger partial charge in [-0.3, -0.25) is 0 Å². The van der Waals surface area contributed by atoms with Crippen molar-refractivity contribution in [2.75, 3.05) is 19.8 Å². The lowest BCUT2D eigenvalue weighted by atomic mass is 10.2. The Bertz CT molecular complexity index is 828. The fourth-order valence-corrected chi connectivity index (χ4v) is 2.77. The Morgan fingerprint density at radius 2 is 1.89 bits per heavy atom. The number of nitrogens with one attached hydrogen (secondary N) is 1. The summed E-state index contributed by atoms with van der Waals surface area (Å²) in [5.41, 5.74) is 4.59. The van der Waals surface area contributed by atoms with Gasteiger partial charge in [0, 0.05) is 5.02 Å². The van der Waals surface area contributed by atoms with Gasteiger partial charge < -0.3 is 19.6 Å². The highest BCUT2D eigenvalue weighted by molar-refractivity contribution is 6.32. The van der Waals surface area contributed by atoms with E-state index in [1.807, 2.05) is 31.2 Å². The highest BCUT2D eigenvalue weighted by Crippen LogP contribution is 2.36. The number of hydrogen-bond acceptors (Lipinski definition) is 6. The number of hydrazone groups is 1. The van der Waals surface area contributed by atoms with Gasteiger partial charge in [0.2, 0.25) is 0 Å². The number of halogens is 2. The molecule has 0 amide bonds. The molecule has 0 radical (unpaired) electrons. The zero-order valence-corrected chi connectivity index (χ0v) is 17.2. The van der Waals surface area contributed by atoms with Crippen LogP contribution in [0.25, 0.3) is 0 Å². The Balaban J connectivity index is 2.06. The van der Waals surface area contributed by atoms with Crippen LogP contribution in [0.15, 0.2) is 41.5 Å². The molecule has 1 N–H and O–H groups in total. The van der Waals surface area contributed by atoms with Gasteiger partial charge in [0.25, 0.3) is 0 Å². The number of hydrogen-bond donors (Lipinski definition) is 1. The van der Waals surface area contributed by atoms with E-state index in [2.05, 4.69) is 10.5 Å². The summed E-state index contributed by atoms with van der Waals surface area (Å²) in [5, 5.41) is 5.17. The lowest BCUT2D eigenvalue weighted by Crippen LogP contribution is -2.15. The molecule has 0 atom stereocenters. The third-order valence-corrected chi connectivity index (χ3v) is 4.15. The molecular formula is C20H22Cl2N2O4. The monoisotopic (exact) mass is 424 g/mol. The first kappa shape index (κ1) is 21.9. The molecular weight excluding hydrogens is 403 g/mol. The maximum absolute atomic E-state index is 11.5. The van der Waals surface area contributed by atoms with E-state index in [1.165, 1.54) is 0 Å². The van der Waals surface area contributed by atoms with Crippen molar-refractivity contribution in [3.05, 3.63) is 57.6 Å². The van der Waals surface area contributed by atoms with Crippen LogP contribution in [0.5, 0.6) is 11.5 Å². The SMILES string of the molecule is CCOC(=O)COc1c(Cl)cc(/C=N\NCc2ccccc2Cl)cc1OCC. The Hall–Kier alpha value is -2.44. The largest absolute Gasteiger partial charge is 0.490 e. The van der Waals surface area contributed by atoms with Gasteiger partial charge in [-0.1, -0.05) is 41.4 Å². The smallest absolute Gasteiger partial charge is 0.344 e. The van der Waals surface area contributed by atoms with Gasteiger partial charge in [0.15, 0.2) is 18.1 Å². The minimum Gasteiger partial charge on any atom is -0.490 e. The zero-order valence-electron chi connectivity index (χ0n) is 15.7. The number of carbonyl (C=O) groups excluding carboxylic acids is 1. The van der Waals surface area contributed by atoms with Crippen LogP contribution in [0.4, 0.5) is 0 Å². The van der Waals surface area contributed by atoms with Crippen LogP contribution in [0.1, 0.15) is 25.0 Å². The summed E-state index contributed by atoms with van der Waals surface area (Å²) >= 11 is 12.4. The quantitative estimate of drug-likeness (QED) is 0.346. The molecule has 8 heteroatoms. The molecule has 150 valence electrons. The van der Waals surface area contributed by atoms with Crippen LogP contribution in [-0.4, -0.2) is 32.0 Å². The number of carbonyl (C=O) groups is 1. The molecule has 0 aliphatic heterocycles. The Morgan fingerprint density at radius 1 is 1.11 bits per heavy atom. The van der Waals surface area contributed by atoms with Gasteiger partial charge in [-0.25, -0.2) is 4.79 Å². The van der Waals surface area contributed by atoms with Gasteiger partial charge in [0.1, 0.15) is 0 Å². The van der Waals surface area contributed by atoms with Crippen LogP contribution >= 0.6 is 23.2 Å². The maximum Gasteiger partial charge on any atom is 0.344 e. The standard InChI is InChI=1S/C20H22Cl2N2O4/c1-3-26-18-10-14(9-17(22)20(18)28-13-19(25)27-4-2)11-23-24-12-15-7-5-6-8-16(15)21/h5-11,24H,3-4,12-13H2,1-2H3/b23-11-. The number of esters is 1. The Labute approximate surface area is 174 Å². The normalized spacial score (nSPS) is 10.7. The Kier molecular flexibility index (Phi) is 8.91. The average Bonchev–Trinajstić information content (AvgIpc) is 2.66. The van der Waals surface area contributed by atoms with Crippen LogP contribution in [0, 0.1) is 0 Å². The second kappa shape index (κ2) is 11.4. The lowest BCUT2D eigenvalue weighted by molar-refractivity contribution is -0.145. The van der Waals surface area contributed by atoms with E-state index in [0.717, 1.165) is 5.56 Å². The van der Waals surface area contributed by atoms with Crippen molar-refractivity contribution < 1.29 is 19.0 Å². The predicted molar refractivity (Wildman–Crippen MR) is 111 cm³/mol. The first-order valence-electron chi connectivity index (χ1n) is 8.79. The van der Waals surface area contributed by atoms with Crippen molar-refractivity contribution in [1.82, 2.24) is 5.43 Å². The summed E-state index contributed by atoms with van der Waals surface area (Å²) in [4.78, 5) is 11.5.